The van der Waals surface area contributed by atoms with Crippen molar-refractivity contribution in [1.29, 1.82) is 0 Å². The Hall–Kier alpha value is -1.99. The molecule has 2 aromatic heterocycles. The average Bonchev–Trinajstić information content (AvgIpc) is 3.20. The lowest BCUT2D eigenvalue weighted by Gasteiger charge is -2.27. The molecular weight excluding hydrogens is 320 g/mol. The van der Waals surface area contributed by atoms with Crippen LogP contribution in [-0.4, -0.2) is 53.8 Å². The van der Waals surface area contributed by atoms with Gasteiger partial charge in [-0.25, -0.2) is 4.98 Å². The molecule has 0 radical (unpaired) electrons. The van der Waals surface area contributed by atoms with Crippen molar-refractivity contribution >= 4 is 17.0 Å². The summed E-state index contributed by atoms with van der Waals surface area (Å²) in [5.74, 6) is 0.499. The van der Waals surface area contributed by atoms with Crippen molar-refractivity contribution < 1.29 is 14.1 Å². The zero-order valence-corrected chi connectivity index (χ0v) is 14.2. The van der Waals surface area contributed by atoms with E-state index in [1.54, 1.807) is 0 Å². The molecule has 1 amide bonds. The Labute approximate surface area is 145 Å². The van der Waals surface area contributed by atoms with E-state index in [9.17, 15) is 4.79 Å². The molecule has 25 heavy (non-hydrogen) atoms. The van der Waals surface area contributed by atoms with Gasteiger partial charge in [0.15, 0.2) is 0 Å². The normalized spacial score (nSPS) is 24.2. The molecule has 7 nitrogen and oxygen atoms in total. The summed E-state index contributed by atoms with van der Waals surface area (Å²) >= 11 is 0. The summed E-state index contributed by atoms with van der Waals surface area (Å²) in [5.41, 5.74) is 2.99. The lowest BCUT2D eigenvalue weighted by molar-refractivity contribution is 0.0304. The number of aromatic nitrogens is 2. The van der Waals surface area contributed by atoms with Crippen LogP contribution in [0.2, 0.25) is 0 Å². The smallest absolute Gasteiger partial charge is 0.259 e. The fourth-order valence-electron chi connectivity index (χ4n) is 3.84. The van der Waals surface area contributed by atoms with E-state index in [0.29, 0.717) is 43.5 Å². The molecule has 1 saturated carbocycles. The third kappa shape index (κ3) is 2.71. The van der Waals surface area contributed by atoms with Crippen LogP contribution in [0.4, 0.5) is 0 Å². The number of carbonyl (C=O) groups excluding carboxylic acids is 1. The highest BCUT2D eigenvalue weighted by molar-refractivity contribution is 6.06. The molecular formula is C18H22N4O3. The summed E-state index contributed by atoms with van der Waals surface area (Å²) in [5, 5.41) is 8.53. The van der Waals surface area contributed by atoms with Gasteiger partial charge in [-0.1, -0.05) is 5.16 Å². The van der Waals surface area contributed by atoms with Crippen LogP contribution in [0.3, 0.4) is 0 Å². The van der Waals surface area contributed by atoms with Crippen molar-refractivity contribution in [1.82, 2.24) is 20.4 Å². The molecule has 5 rings (SSSR count). The highest BCUT2D eigenvalue weighted by Gasteiger charge is 2.32. The van der Waals surface area contributed by atoms with Gasteiger partial charge in [-0.2, -0.15) is 0 Å². The molecule has 3 fully saturated rings. The quantitative estimate of drug-likeness (QED) is 0.919. The topological polar surface area (TPSA) is 80.5 Å². The third-order valence-corrected chi connectivity index (χ3v) is 5.41. The Kier molecular flexibility index (Phi) is 3.71. The Morgan fingerprint density at radius 2 is 2.08 bits per heavy atom. The number of nitrogens with one attached hydrogen (secondary N) is 1. The molecule has 1 N–H and O–H groups in total. The molecule has 0 bridgehead atoms. The molecule has 4 heterocycles. The summed E-state index contributed by atoms with van der Waals surface area (Å²) in [6, 6.07) is 2.12. The van der Waals surface area contributed by atoms with E-state index in [2.05, 4.69) is 15.5 Å². The number of carbonyl (C=O) groups is 1. The van der Waals surface area contributed by atoms with Crippen molar-refractivity contribution in [2.45, 2.75) is 37.6 Å². The zero-order valence-electron chi connectivity index (χ0n) is 14.2. The monoisotopic (exact) mass is 342 g/mol. The van der Waals surface area contributed by atoms with Crippen LogP contribution in [0, 0.1) is 0 Å². The SMILES string of the molecule is O=C(c1cc(C2CC2)nc2onc(C3CCCN3)c12)N1CCOCC1. The van der Waals surface area contributed by atoms with Crippen molar-refractivity contribution in [2.24, 2.45) is 0 Å². The van der Waals surface area contributed by atoms with Crippen LogP contribution >= 0.6 is 0 Å². The maximum atomic E-state index is 13.2. The number of nitrogens with zero attached hydrogens (tertiary/aromatic N) is 3. The summed E-state index contributed by atoms with van der Waals surface area (Å²) < 4.78 is 10.9. The van der Waals surface area contributed by atoms with E-state index in [1.165, 1.54) is 0 Å². The predicted molar refractivity (Wildman–Crippen MR) is 90.5 cm³/mol. The molecule has 132 valence electrons. The van der Waals surface area contributed by atoms with Gasteiger partial charge in [0.2, 0.25) is 0 Å². The molecule has 7 heteroatoms. The minimum absolute atomic E-state index is 0.0417. The first-order chi connectivity index (χ1) is 12.3. The lowest BCUT2D eigenvalue weighted by Crippen LogP contribution is -2.40. The van der Waals surface area contributed by atoms with E-state index < -0.39 is 0 Å². The first kappa shape index (κ1) is 15.3. The van der Waals surface area contributed by atoms with Crippen LogP contribution in [0.25, 0.3) is 11.1 Å². The van der Waals surface area contributed by atoms with Crippen LogP contribution in [0.5, 0.6) is 0 Å². The fraction of sp³-hybridized carbons (Fsp3) is 0.611. The number of hydrogen-bond donors (Lipinski definition) is 1. The Morgan fingerprint density at radius 1 is 1.24 bits per heavy atom. The molecule has 0 aromatic carbocycles. The number of rotatable bonds is 3. The van der Waals surface area contributed by atoms with Crippen LogP contribution < -0.4 is 5.32 Å². The van der Waals surface area contributed by atoms with Gasteiger partial charge in [0, 0.05) is 24.7 Å². The summed E-state index contributed by atoms with van der Waals surface area (Å²) in [4.78, 5) is 19.8. The molecule has 1 aliphatic carbocycles. The van der Waals surface area contributed by atoms with Gasteiger partial charge in [-0.05, 0) is 38.3 Å². The van der Waals surface area contributed by atoms with Crippen molar-refractivity contribution in [3.8, 4) is 0 Å². The summed E-state index contributed by atoms with van der Waals surface area (Å²) in [7, 11) is 0. The van der Waals surface area contributed by atoms with Gasteiger partial charge >= 0.3 is 0 Å². The maximum Gasteiger partial charge on any atom is 0.259 e. The van der Waals surface area contributed by atoms with Crippen molar-refractivity contribution in [3.05, 3.63) is 23.0 Å². The van der Waals surface area contributed by atoms with Gasteiger partial charge in [0.25, 0.3) is 11.6 Å². The van der Waals surface area contributed by atoms with Gasteiger partial charge < -0.3 is 19.5 Å². The molecule has 2 saturated heterocycles. The fourth-order valence-corrected chi connectivity index (χ4v) is 3.84. The number of morpholine rings is 1. The van der Waals surface area contributed by atoms with E-state index in [1.807, 2.05) is 11.0 Å². The minimum atomic E-state index is 0.0417. The average molecular weight is 342 g/mol. The number of ether oxygens (including phenoxy) is 1. The Balaban J connectivity index is 1.62. The number of hydrogen-bond acceptors (Lipinski definition) is 6. The molecule has 2 aliphatic heterocycles. The molecule has 0 spiro atoms. The minimum Gasteiger partial charge on any atom is -0.378 e. The van der Waals surface area contributed by atoms with Gasteiger partial charge in [0.1, 0.15) is 5.69 Å². The van der Waals surface area contributed by atoms with Gasteiger partial charge in [-0.3, -0.25) is 4.79 Å². The number of fused-ring (bicyclic) bond motifs is 1. The van der Waals surface area contributed by atoms with Crippen LogP contribution in [-0.2, 0) is 4.74 Å². The second-order valence-electron chi connectivity index (χ2n) is 7.17. The van der Waals surface area contributed by atoms with E-state index in [0.717, 1.165) is 49.0 Å². The van der Waals surface area contributed by atoms with Crippen LogP contribution in [0.1, 0.15) is 59.4 Å². The van der Waals surface area contributed by atoms with E-state index in [4.69, 9.17) is 9.26 Å². The summed E-state index contributed by atoms with van der Waals surface area (Å²) in [6.45, 7) is 3.42. The second-order valence-corrected chi connectivity index (χ2v) is 7.17. The van der Waals surface area contributed by atoms with Crippen LogP contribution in [0.15, 0.2) is 10.6 Å². The number of amides is 1. The highest BCUT2D eigenvalue weighted by atomic mass is 16.5. The first-order valence-electron chi connectivity index (χ1n) is 9.22. The lowest BCUT2D eigenvalue weighted by atomic mass is 10.0. The Morgan fingerprint density at radius 3 is 2.80 bits per heavy atom. The molecule has 3 aliphatic rings. The first-order valence-corrected chi connectivity index (χ1v) is 9.22. The van der Waals surface area contributed by atoms with Crippen molar-refractivity contribution in [3.63, 3.8) is 0 Å². The van der Waals surface area contributed by atoms with Gasteiger partial charge in [0.05, 0.1) is 30.2 Å². The maximum absolute atomic E-state index is 13.2. The highest BCUT2D eigenvalue weighted by Crippen LogP contribution is 2.41. The standard InChI is InChI=1S/C18H22N4O3/c23-18(22-6-8-24-9-7-22)12-10-14(11-3-4-11)20-17-15(12)16(21-25-17)13-2-1-5-19-13/h10-11,13,19H,1-9H2. The van der Waals surface area contributed by atoms with E-state index >= 15 is 0 Å². The molecule has 1 unspecified atom stereocenters. The number of pyridine rings is 1. The van der Waals surface area contributed by atoms with Crippen molar-refractivity contribution in [2.75, 3.05) is 32.8 Å². The molecule has 2 aromatic rings. The zero-order chi connectivity index (χ0) is 16.8. The predicted octanol–water partition coefficient (Wildman–Crippen LogP) is 2.00. The van der Waals surface area contributed by atoms with E-state index in [-0.39, 0.29) is 11.9 Å². The summed E-state index contributed by atoms with van der Waals surface area (Å²) in [6.07, 6.45) is 4.39. The largest absolute Gasteiger partial charge is 0.378 e. The second kappa shape index (κ2) is 6.07. The van der Waals surface area contributed by atoms with Gasteiger partial charge in [-0.15, -0.1) is 0 Å². The Bertz CT molecular complexity index is 802. The third-order valence-electron chi connectivity index (χ3n) is 5.41. The molecule has 1 atom stereocenters.